The monoisotopic (exact) mass is 579 g/mol. The lowest BCUT2D eigenvalue weighted by Crippen LogP contribution is -1.97. The zero-order chi connectivity index (χ0) is 29.0. The molecule has 9 aromatic rings. The zero-order valence-electron chi connectivity index (χ0n) is 23.7. The van der Waals surface area contributed by atoms with Crippen LogP contribution >= 0.6 is 11.3 Å². The van der Waals surface area contributed by atoms with E-state index < -0.39 is 0 Å². The van der Waals surface area contributed by atoms with Gasteiger partial charge in [0.05, 0.1) is 22.4 Å². The van der Waals surface area contributed by atoms with Gasteiger partial charge in [0.25, 0.3) is 0 Å². The molecule has 3 nitrogen and oxygen atoms in total. The van der Waals surface area contributed by atoms with E-state index in [9.17, 15) is 0 Å². The lowest BCUT2D eigenvalue weighted by atomic mass is 10.0. The van der Waals surface area contributed by atoms with Gasteiger partial charge in [0, 0.05) is 48.6 Å². The molecule has 0 aliphatic rings. The fourth-order valence-electron chi connectivity index (χ4n) is 6.48. The van der Waals surface area contributed by atoms with Crippen LogP contribution in [0.4, 0.5) is 0 Å². The maximum absolute atomic E-state index is 5.04. The Balaban J connectivity index is 1.26. The van der Waals surface area contributed by atoms with Crippen molar-refractivity contribution in [2.75, 3.05) is 0 Å². The van der Waals surface area contributed by atoms with Crippen molar-refractivity contribution >= 4 is 54.0 Å². The highest BCUT2D eigenvalue weighted by Gasteiger charge is 2.19. The van der Waals surface area contributed by atoms with Crippen molar-refractivity contribution < 1.29 is 0 Å². The van der Waals surface area contributed by atoms with Crippen molar-refractivity contribution in [1.29, 1.82) is 0 Å². The van der Waals surface area contributed by atoms with E-state index in [0.29, 0.717) is 5.82 Å². The summed E-state index contributed by atoms with van der Waals surface area (Å²) in [6.07, 6.45) is 0. The number of thiophene rings is 1. The molecule has 0 unspecified atom stereocenters. The van der Waals surface area contributed by atoms with Crippen LogP contribution in [0.15, 0.2) is 151 Å². The number of nitrogens with zero attached hydrogens (tertiary/aromatic N) is 3. The molecule has 0 radical (unpaired) electrons. The molecule has 0 bridgehead atoms. The predicted octanol–water partition coefficient (Wildman–Crippen LogP) is 10.9. The second-order valence-electron chi connectivity index (χ2n) is 11.0. The standard InChI is InChI=1S/C40H25N3S/c1-3-11-26(12-4-1)34-25-35(27-13-5-2-6-14-27)42-40(41-34)28-19-21-29(22-20-28)43-36-18-10-9-17-33(36)37-38(43)31-16-8-7-15-30(31)32-23-24-44-39(32)37/h1-25H. The molecule has 0 amide bonds. The predicted molar refractivity (Wildman–Crippen MR) is 186 cm³/mol. The Bertz CT molecular complexity index is 2420. The highest BCUT2D eigenvalue weighted by Crippen LogP contribution is 2.44. The fraction of sp³-hybridized carbons (Fsp3) is 0. The first-order valence-corrected chi connectivity index (χ1v) is 15.6. The van der Waals surface area contributed by atoms with Crippen LogP contribution in [0, 0.1) is 0 Å². The second-order valence-corrected chi connectivity index (χ2v) is 11.9. The molecular formula is C40H25N3S. The van der Waals surface area contributed by atoms with Gasteiger partial charge in [-0.25, -0.2) is 9.97 Å². The molecule has 0 aliphatic heterocycles. The van der Waals surface area contributed by atoms with Gasteiger partial charge >= 0.3 is 0 Å². The first-order chi connectivity index (χ1) is 21.8. The van der Waals surface area contributed by atoms with E-state index in [2.05, 4.69) is 119 Å². The van der Waals surface area contributed by atoms with Gasteiger partial charge in [-0.2, -0.15) is 0 Å². The quantitative estimate of drug-likeness (QED) is 0.208. The average molecular weight is 580 g/mol. The molecule has 0 N–H and O–H groups in total. The van der Waals surface area contributed by atoms with E-state index in [4.69, 9.17) is 9.97 Å². The summed E-state index contributed by atoms with van der Waals surface area (Å²) in [4.78, 5) is 10.1. The normalized spacial score (nSPS) is 11.6. The van der Waals surface area contributed by atoms with Gasteiger partial charge in [-0.1, -0.05) is 103 Å². The number of fused-ring (bicyclic) bond motifs is 8. The van der Waals surface area contributed by atoms with Crippen molar-refractivity contribution in [1.82, 2.24) is 14.5 Å². The summed E-state index contributed by atoms with van der Waals surface area (Å²) in [6.45, 7) is 0. The van der Waals surface area contributed by atoms with Crippen molar-refractivity contribution in [3.8, 4) is 39.6 Å². The van der Waals surface area contributed by atoms with E-state index in [1.54, 1.807) is 0 Å². The SMILES string of the molecule is c1ccc(-c2cc(-c3ccccc3)nc(-c3ccc(-n4c5ccccc5c5c6sccc6c6ccccc6c54)cc3)n2)cc1. The second kappa shape index (κ2) is 10.0. The maximum atomic E-state index is 5.04. The molecule has 0 aliphatic carbocycles. The zero-order valence-corrected chi connectivity index (χ0v) is 24.5. The van der Waals surface area contributed by atoms with Crippen LogP contribution in [0.2, 0.25) is 0 Å². The Morgan fingerprint density at radius 3 is 1.75 bits per heavy atom. The lowest BCUT2D eigenvalue weighted by molar-refractivity contribution is 1.17. The molecule has 0 atom stereocenters. The average Bonchev–Trinajstić information content (AvgIpc) is 3.73. The molecule has 3 heterocycles. The number of hydrogen-bond donors (Lipinski definition) is 0. The van der Waals surface area contributed by atoms with Crippen LogP contribution in [0.1, 0.15) is 0 Å². The Hall–Kier alpha value is -5.58. The van der Waals surface area contributed by atoms with Gasteiger partial charge in [-0.3, -0.25) is 0 Å². The van der Waals surface area contributed by atoms with Gasteiger partial charge in [-0.05, 0) is 53.2 Å². The summed E-state index contributed by atoms with van der Waals surface area (Å²) in [5.41, 5.74) is 8.51. The Labute approximate surface area is 258 Å². The molecule has 3 aromatic heterocycles. The molecule has 0 saturated carbocycles. The van der Waals surface area contributed by atoms with Gasteiger partial charge in [0.2, 0.25) is 0 Å². The summed E-state index contributed by atoms with van der Waals surface area (Å²) >= 11 is 1.82. The molecule has 0 fully saturated rings. The first-order valence-electron chi connectivity index (χ1n) is 14.8. The van der Waals surface area contributed by atoms with Crippen LogP contribution in [0.3, 0.4) is 0 Å². The Kier molecular flexibility index (Phi) is 5.68. The van der Waals surface area contributed by atoms with E-state index in [0.717, 1.165) is 33.8 Å². The van der Waals surface area contributed by atoms with Gasteiger partial charge in [0.15, 0.2) is 5.82 Å². The highest BCUT2D eigenvalue weighted by atomic mass is 32.1. The van der Waals surface area contributed by atoms with Crippen molar-refractivity contribution in [2.24, 2.45) is 0 Å². The smallest absolute Gasteiger partial charge is 0.160 e. The Morgan fingerprint density at radius 1 is 0.477 bits per heavy atom. The van der Waals surface area contributed by atoms with Crippen molar-refractivity contribution in [2.45, 2.75) is 0 Å². The minimum Gasteiger partial charge on any atom is -0.309 e. The largest absolute Gasteiger partial charge is 0.309 e. The molecule has 4 heteroatoms. The van der Waals surface area contributed by atoms with Crippen LogP contribution in [-0.4, -0.2) is 14.5 Å². The third-order valence-corrected chi connectivity index (χ3v) is 9.42. The Morgan fingerprint density at radius 2 is 1.07 bits per heavy atom. The molecule has 6 aromatic carbocycles. The first kappa shape index (κ1) is 25.0. The number of para-hydroxylation sites is 1. The minimum absolute atomic E-state index is 0.713. The maximum Gasteiger partial charge on any atom is 0.160 e. The van der Waals surface area contributed by atoms with Crippen LogP contribution in [-0.2, 0) is 0 Å². The number of rotatable bonds is 4. The van der Waals surface area contributed by atoms with E-state index in [-0.39, 0.29) is 0 Å². The topological polar surface area (TPSA) is 30.7 Å². The van der Waals surface area contributed by atoms with Crippen molar-refractivity contribution in [3.05, 3.63) is 151 Å². The lowest BCUT2D eigenvalue weighted by Gasteiger charge is -2.12. The molecule has 0 spiro atoms. The molecule has 44 heavy (non-hydrogen) atoms. The fourth-order valence-corrected chi connectivity index (χ4v) is 7.45. The number of aromatic nitrogens is 3. The summed E-state index contributed by atoms with van der Waals surface area (Å²) in [5.74, 6) is 0.713. The highest BCUT2D eigenvalue weighted by molar-refractivity contribution is 7.18. The summed E-state index contributed by atoms with van der Waals surface area (Å²) in [5, 5.41) is 8.68. The van der Waals surface area contributed by atoms with Gasteiger partial charge < -0.3 is 4.57 Å². The van der Waals surface area contributed by atoms with E-state index in [1.807, 2.05) is 47.7 Å². The summed E-state index contributed by atoms with van der Waals surface area (Å²) in [7, 11) is 0. The summed E-state index contributed by atoms with van der Waals surface area (Å²) in [6, 6.07) is 51.3. The molecule has 9 rings (SSSR count). The minimum atomic E-state index is 0.713. The molecular weight excluding hydrogens is 555 g/mol. The van der Waals surface area contributed by atoms with E-state index in [1.165, 1.54) is 42.7 Å². The molecule has 206 valence electrons. The van der Waals surface area contributed by atoms with Gasteiger partial charge in [0.1, 0.15) is 0 Å². The van der Waals surface area contributed by atoms with Crippen LogP contribution in [0.5, 0.6) is 0 Å². The molecule has 0 saturated heterocycles. The number of benzene rings is 6. The van der Waals surface area contributed by atoms with Crippen molar-refractivity contribution in [3.63, 3.8) is 0 Å². The number of hydrogen-bond acceptors (Lipinski definition) is 3. The van der Waals surface area contributed by atoms with Gasteiger partial charge in [-0.15, -0.1) is 11.3 Å². The third kappa shape index (κ3) is 3.89. The summed E-state index contributed by atoms with van der Waals surface area (Å²) < 4.78 is 3.76. The third-order valence-electron chi connectivity index (χ3n) is 8.49. The van der Waals surface area contributed by atoms with Crippen LogP contribution < -0.4 is 0 Å². The van der Waals surface area contributed by atoms with E-state index >= 15 is 0 Å². The van der Waals surface area contributed by atoms with Crippen LogP contribution in [0.25, 0.3) is 82.3 Å².